The van der Waals surface area contributed by atoms with E-state index in [0.717, 1.165) is 39.1 Å². The van der Waals surface area contributed by atoms with Gasteiger partial charge in [-0.2, -0.15) is 0 Å². The maximum atomic E-state index is 10.4. The van der Waals surface area contributed by atoms with Gasteiger partial charge in [0.25, 0.3) is 0 Å². The van der Waals surface area contributed by atoms with Crippen LogP contribution in [-0.4, -0.2) is 60.5 Å². The highest BCUT2D eigenvalue weighted by Crippen LogP contribution is 2.16. The van der Waals surface area contributed by atoms with Gasteiger partial charge in [-0.05, 0) is 32.7 Å². The van der Waals surface area contributed by atoms with E-state index in [9.17, 15) is 5.11 Å². The summed E-state index contributed by atoms with van der Waals surface area (Å²) in [6.45, 7) is 12.5. The van der Waals surface area contributed by atoms with E-state index in [1.54, 1.807) is 0 Å². The van der Waals surface area contributed by atoms with Crippen LogP contribution in [0.3, 0.4) is 0 Å². The van der Waals surface area contributed by atoms with Gasteiger partial charge in [-0.1, -0.05) is 20.8 Å². The molecule has 114 valence electrons. The second-order valence-electron chi connectivity index (χ2n) is 6.40. The molecule has 0 saturated carbocycles. The summed E-state index contributed by atoms with van der Waals surface area (Å²) in [6, 6.07) is 0.411. The Bertz CT molecular complexity index is 244. The van der Waals surface area contributed by atoms with Crippen molar-refractivity contribution in [3.63, 3.8) is 0 Å². The molecular weight excluding hydrogens is 240 g/mol. The molecule has 0 aromatic heterocycles. The van der Waals surface area contributed by atoms with Crippen LogP contribution in [-0.2, 0) is 4.74 Å². The lowest BCUT2D eigenvalue weighted by atomic mass is 10.0. The summed E-state index contributed by atoms with van der Waals surface area (Å²) >= 11 is 0. The fraction of sp³-hybridized carbons (Fsp3) is 1.00. The van der Waals surface area contributed by atoms with Gasteiger partial charge in [0, 0.05) is 32.3 Å². The Hall–Kier alpha value is -0.160. The Labute approximate surface area is 118 Å². The fourth-order valence-corrected chi connectivity index (χ4v) is 2.54. The van der Waals surface area contributed by atoms with Crippen LogP contribution in [0.5, 0.6) is 0 Å². The van der Waals surface area contributed by atoms with Gasteiger partial charge < -0.3 is 15.2 Å². The van der Waals surface area contributed by atoms with Crippen LogP contribution in [0.4, 0.5) is 0 Å². The van der Waals surface area contributed by atoms with Crippen LogP contribution in [0.2, 0.25) is 0 Å². The molecule has 0 bridgehead atoms. The number of piperidine rings is 1. The Kier molecular flexibility index (Phi) is 7.29. The van der Waals surface area contributed by atoms with E-state index >= 15 is 0 Å². The molecule has 0 aromatic carbocycles. The summed E-state index contributed by atoms with van der Waals surface area (Å²) in [4.78, 5) is 2.34. The molecule has 1 aliphatic rings. The minimum atomic E-state index is -0.670. The summed E-state index contributed by atoms with van der Waals surface area (Å²) in [6.07, 6.45) is 3.75. The van der Waals surface area contributed by atoms with Gasteiger partial charge in [0.15, 0.2) is 0 Å². The first-order chi connectivity index (χ1) is 8.93. The molecule has 2 N–H and O–H groups in total. The van der Waals surface area contributed by atoms with Gasteiger partial charge in [0.2, 0.25) is 0 Å². The third kappa shape index (κ3) is 7.25. The zero-order valence-corrected chi connectivity index (χ0v) is 13.1. The van der Waals surface area contributed by atoms with Crippen LogP contribution in [0.15, 0.2) is 0 Å². The highest BCUT2D eigenvalue weighted by Gasteiger charge is 2.28. The molecule has 0 amide bonds. The van der Waals surface area contributed by atoms with Gasteiger partial charge >= 0.3 is 0 Å². The molecule has 0 aliphatic carbocycles. The summed E-state index contributed by atoms with van der Waals surface area (Å²) < 4.78 is 5.84. The average Bonchev–Trinajstić information content (AvgIpc) is 2.34. The Morgan fingerprint density at radius 1 is 1.47 bits per heavy atom. The lowest BCUT2D eigenvalue weighted by Gasteiger charge is -2.37. The largest absolute Gasteiger partial charge is 0.388 e. The molecule has 1 rings (SSSR count). The smallest absolute Gasteiger partial charge is 0.0869 e. The molecule has 2 unspecified atom stereocenters. The number of nitrogens with zero attached hydrogens (tertiary/aromatic N) is 1. The first kappa shape index (κ1) is 16.9. The minimum Gasteiger partial charge on any atom is -0.388 e. The molecule has 1 aliphatic heterocycles. The van der Waals surface area contributed by atoms with Crippen LogP contribution >= 0.6 is 0 Å². The second-order valence-corrected chi connectivity index (χ2v) is 6.40. The van der Waals surface area contributed by atoms with Crippen LogP contribution < -0.4 is 5.32 Å². The van der Waals surface area contributed by atoms with Crippen molar-refractivity contribution in [3.05, 3.63) is 0 Å². The van der Waals surface area contributed by atoms with Gasteiger partial charge in [0.05, 0.1) is 11.7 Å². The predicted octanol–water partition coefficient (Wildman–Crippen LogP) is 1.63. The van der Waals surface area contributed by atoms with Crippen molar-refractivity contribution >= 4 is 0 Å². The van der Waals surface area contributed by atoms with Gasteiger partial charge in [-0.15, -0.1) is 0 Å². The molecule has 2 atom stereocenters. The summed E-state index contributed by atoms with van der Waals surface area (Å²) in [5.41, 5.74) is -0.670. The molecule has 4 nitrogen and oxygen atoms in total. The fourth-order valence-electron chi connectivity index (χ4n) is 2.54. The molecule has 1 saturated heterocycles. The van der Waals surface area contributed by atoms with Gasteiger partial charge in [-0.25, -0.2) is 0 Å². The van der Waals surface area contributed by atoms with Crippen LogP contribution in [0.25, 0.3) is 0 Å². The number of likely N-dealkylation sites (tertiary alicyclic amines) is 1. The van der Waals surface area contributed by atoms with E-state index in [2.05, 4.69) is 31.0 Å². The molecule has 0 spiro atoms. The number of hydrogen-bond acceptors (Lipinski definition) is 4. The van der Waals surface area contributed by atoms with Crippen LogP contribution in [0, 0.1) is 0 Å². The standard InChI is InChI=1S/C15H32N2O2/c1-5-9-19-14-7-6-8-17(10-14)12-15(4,18)11-16-13(2)3/h13-14,16,18H,5-12H2,1-4H3. The number of aliphatic hydroxyl groups is 1. The van der Waals surface area contributed by atoms with Crippen molar-refractivity contribution < 1.29 is 9.84 Å². The van der Waals surface area contributed by atoms with Crippen LogP contribution in [0.1, 0.15) is 47.0 Å². The van der Waals surface area contributed by atoms with Crippen molar-refractivity contribution in [3.8, 4) is 0 Å². The number of nitrogens with one attached hydrogen (secondary N) is 1. The van der Waals surface area contributed by atoms with Crippen molar-refractivity contribution in [2.45, 2.75) is 64.7 Å². The Morgan fingerprint density at radius 3 is 2.84 bits per heavy atom. The topological polar surface area (TPSA) is 44.7 Å². The third-order valence-electron chi connectivity index (χ3n) is 3.48. The third-order valence-corrected chi connectivity index (χ3v) is 3.48. The zero-order chi connectivity index (χ0) is 14.3. The number of rotatable bonds is 8. The highest BCUT2D eigenvalue weighted by molar-refractivity contribution is 4.84. The summed E-state index contributed by atoms with van der Waals surface area (Å²) in [5, 5.41) is 13.7. The molecule has 1 fully saturated rings. The van der Waals surface area contributed by atoms with E-state index < -0.39 is 5.60 Å². The quantitative estimate of drug-likeness (QED) is 0.705. The monoisotopic (exact) mass is 272 g/mol. The Morgan fingerprint density at radius 2 is 2.21 bits per heavy atom. The maximum Gasteiger partial charge on any atom is 0.0869 e. The van der Waals surface area contributed by atoms with Crippen molar-refractivity contribution in [2.75, 3.05) is 32.8 Å². The molecule has 19 heavy (non-hydrogen) atoms. The van der Waals surface area contributed by atoms with Crippen molar-refractivity contribution in [2.24, 2.45) is 0 Å². The van der Waals surface area contributed by atoms with Crippen molar-refractivity contribution in [1.82, 2.24) is 10.2 Å². The average molecular weight is 272 g/mol. The number of β-amino-alcohol motifs (C(OH)–C–C–N with tert-alkyl or cyclic N) is 1. The normalized spacial score (nSPS) is 24.6. The van der Waals surface area contributed by atoms with E-state index in [1.165, 1.54) is 6.42 Å². The second kappa shape index (κ2) is 8.20. The lowest BCUT2D eigenvalue weighted by molar-refractivity contribution is -0.0341. The molecule has 4 heteroatoms. The van der Waals surface area contributed by atoms with E-state index in [4.69, 9.17) is 4.74 Å². The lowest BCUT2D eigenvalue weighted by Crippen LogP contribution is -2.52. The molecule has 0 radical (unpaired) electrons. The zero-order valence-electron chi connectivity index (χ0n) is 13.1. The van der Waals surface area contributed by atoms with E-state index in [1.807, 2.05) is 6.92 Å². The van der Waals surface area contributed by atoms with E-state index in [0.29, 0.717) is 18.7 Å². The first-order valence-corrected chi connectivity index (χ1v) is 7.72. The summed E-state index contributed by atoms with van der Waals surface area (Å²) in [5.74, 6) is 0. The maximum absolute atomic E-state index is 10.4. The molecule has 1 heterocycles. The number of hydrogen-bond donors (Lipinski definition) is 2. The molecule has 0 aromatic rings. The van der Waals surface area contributed by atoms with Gasteiger partial charge in [-0.3, -0.25) is 4.90 Å². The predicted molar refractivity (Wildman–Crippen MR) is 79.5 cm³/mol. The molecular formula is C15H32N2O2. The Balaban J connectivity index is 2.33. The first-order valence-electron chi connectivity index (χ1n) is 7.72. The van der Waals surface area contributed by atoms with Gasteiger partial charge in [0.1, 0.15) is 0 Å². The minimum absolute atomic E-state index is 0.350. The highest BCUT2D eigenvalue weighted by atomic mass is 16.5. The summed E-state index contributed by atoms with van der Waals surface area (Å²) in [7, 11) is 0. The SMILES string of the molecule is CCCOC1CCCN(CC(C)(O)CNC(C)C)C1. The number of ether oxygens (including phenoxy) is 1. The van der Waals surface area contributed by atoms with E-state index in [-0.39, 0.29) is 0 Å². The van der Waals surface area contributed by atoms with Crippen molar-refractivity contribution in [1.29, 1.82) is 0 Å².